The van der Waals surface area contributed by atoms with Crippen LogP contribution in [0.15, 0.2) is 18.2 Å². The third-order valence-electron chi connectivity index (χ3n) is 6.95. The molecule has 0 radical (unpaired) electrons. The first-order chi connectivity index (χ1) is 14.8. The number of aromatic nitrogens is 2. The van der Waals surface area contributed by atoms with Crippen LogP contribution in [-0.4, -0.2) is 24.1 Å². The molecule has 7 heteroatoms. The number of nitrogens with zero attached hydrogens (tertiary/aromatic N) is 2. The number of amides is 1. The third-order valence-corrected chi connectivity index (χ3v) is 8.39. The van der Waals surface area contributed by atoms with Gasteiger partial charge in [0, 0.05) is 11.5 Å². The largest absolute Gasteiger partial charge is 0.310 e. The van der Waals surface area contributed by atoms with Crippen molar-refractivity contribution in [1.82, 2.24) is 9.78 Å². The van der Waals surface area contributed by atoms with Gasteiger partial charge in [-0.15, -0.1) is 0 Å². The molecule has 0 bridgehead atoms. The maximum Gasteiger partial charge on any atom is 0.228 e. The van der Waals surface area contributed by atoms with E-state index < -0.39 is 9.84 Å². The van der Waals surface area contributed by atoms with Gasteiger partial charge in [-0.05, 0) is 68.7 Å². The summed E-state index contributed by atoms with van der Waals surface area (Å²) in [6.45, 7) is 6.31. The number of sulfone groups is 1. The van der Waals surface area contributed by atoms with E-state index in [4.69, 9.17) is 0 Å². The average molecular weight is 444 g/mol. The van der Waals surface area contributed by atoms with E-state index in [1.165, 1.54) is 24.8 Å². The number of benzene rings is 1. The smallest absolute Gasteiger partial charge is 0.228 e. The molecule has 6 nitrogen and oxygen atoms in total. The minimum absolute atomic E-state index is 0.00831. The van der Waals surface area contributed by atoms with Gasteiger partial charge in [-0.1, -0.05) is 32.3 Å². The number of unbranched alkanes of at least 4 members (excludes halogenated alkanes) is 1. The minimum atomic E-state index is -3.20. The molecular formula is C24H33N3O3S. The molecule has 0 spiro atoms. The molecule has 4 rings (SSSR count). The fraction of sp³-hybridized carbons (Fsp3) is 0.583. The van der Waals surface area contributed by atoms with Crippen molar-refractivity contribution in [3.63, 3.8) is 0 Å². The first-order valence-corrected chi connectivity index (χ1v) is 13.3. The zero-order valence-corrected chi connectivity index (χ0v) is 19.6. The Morgan fingerprint density at radius 1 is 1.13 bits per heavy atom. The van der Waals surface area contributed by atoms with E-state index in [1.807, 2.05) is 32.0 Å². The molecule has 2 aliphatic rings. The minimum Gasteiger partial charge on any atom is -0.310 e. The molecule has 1 aliphatic carbocycles. The molecule has 2 heterocycles. The van der Waals surface area contributed by atoms with Crippen LogP contribution in [0.1, 0.15) is 74.3 Å². The number of anilines is 1. The molecule has 1 saturated carbocycles. The second-order valence-corrected chi connectivity index (χ2v) is 11.4. The van der Waals surface area contributed by atoms with Gasteiger partial charge in [0.25, 0.3) is 0 Å². The van der Waals surface area contributed by atoms with E-state index in [9.17, 15) is 13.2 Å². The van der Waals surface area contributed by atoms with Crippen molar-refractivity contribution >= 4 is 21.6 Å². The van der Waals surface area contributed by atoms with Gasteiger partial charge in [-0.2, -0.15) is 5.10 Å². The van der Waals surface area contributed by atoms with Gasteiger partial charge in [0.05, 0.1) is 22.9 Å². The predicted molar refractivity (Wildman–Crippen MR) is 123 cm³/mol. The Labute approximate surface area is 185 Å². The first-order valence-electron chi connectivity index (χ1n) is 11.5. The van der Waals surface area contributed by atoms with Crippen molar-refractivity contribution in [3.8, 4) is 5.69 Å². The van der Waals surface area contributed by atoms with Gasteiger partial charge in [0.1, 0.15) is 5.82 Å². The Kier molecular flexibility index (Phi) is 6.24. The van der Waals surface area contributed by atoms with Gasteiger partial charge in [-0.3, -0.25) is 4.79 Å². The first kappa shape index (κ1) is 22.1. The molecule has 31 heavy (non-hydrogen) atoms. The molecule has 0 atom stereocenters. The molecule has 1 aromatic carbocycles. The summed E-state index contributed by atoms with van der Waals surface area (Å²) in [6.07, 6.45) is 7.74. The van der Waals surface area contributed by atoms with Crippen molar-refractivity contribution in [1.29, 1.82) is 0 Å². The number of hydrogen-bond acceptors (Lipinski definition) is 4. The van der Waals surface area contributed by atoms with Gasteiger partial charge < -0.3 is 5.32 Å². The number of aryl methyl sites for hydroxylation is 2. The van der Waals surface area contributed by atoms with E-state index in [-0.39, 0.29) is 23.3 Å². The Morgan fingerprint density at radius 3 is 2.55 bits per heavy atom. The van der Waals surface area contributed by atoms with Crippen molar-refractivity contribution in [3.05, 3.63) is 40.6 Å². The maximum absolute atomic E-state index is 13.2. The standard InChI is InChI=1S/C24H33N3O3S/c1-4-5-6-18-8-10-19(11-9-18)24(28)25-23-21-14-31(29,30)15-22(21)26-27(23)20-12-7-16(2)17(3)13-20/h7,12-13,18-19H,4-6,8-11,14-15H2,1-3H3,(H,25,28). The van der Waals surface area contributed by atoms with Crippen molar-refractivity contribution in [2.45, 2.75) is 77.2 Å². The summed E-state index contributed by atoms with van der Waals surface area (Å²) in [6, 6.07) is 6.02. The van der Waals surface area contributed by atoms with Crippen LogP contribution >= 0.6 is 0 Å². The molecule has 168 valence electrons. The Bertz CT molecular complexity index is 1080. The lowest BCUT2D eigenvalue weighted by atomic mass is 9.79. The number of rotatable bonds is 6. The normalized spacial score (nSPS) is 22.3. The van der Waals surface area contributed by atoms with Crippen LogP contribution in [0.4, 0.5) is 5.82 Å². The number of carbonyl (C=O) groups is 1. The molecular weight excluding hydrogens is 410 g/mol. The SMILES string of the molecule is CCCCC1CCC(C(=O)Nc2c3c(nn2-c2ccc(C)c(C)c2)CS(=O)(=O)C3)CC1. The van der Waals surface area contributed by atoms with E-state index in [1.54, 1.807) is 4.68 Å². The lowest BCUT2D eigenvalue weighted by molar-refractivity contribution is -0.121. The van der Waals surface area contributed by atoms with Crippen LogP contribution in [0, 0.1) is 25.7 Å². The summed E-state index contributed by atoms with van der Waals surface area (Å²) >= 11 is 0. The summed E-state index contributed by atoms with van der Waals surface area (Å²) in [5.74, 6) is 1.11. The highest BCUT2D eigenvalue weighted by molar-refractivity contribution is 7.90. The van der Waals surface area contributed by atoms with E-state index >= 15 is 0 Å². The number of carbonyl (C=O) groups excluding carboxylic acids is 1. The molecule has 2 aromatic rings. The molecule has 1 aliphatic heterocycles. The summed E-state index contributed by atoms with van der Waals surface area (Å²) in [4.78, 5) is 13.2. The highest BCUT2D eigenvalue weighted by Gasteiger charge is 2.34. The lowest BCUT2D eigenvalue weighted by Crippen LogP contribution is -2.28. The Hall–Kier alpha value is -2.15. The monoisotopic (exact) mass is 443 g/mol. The molecule has 1 fully saturated rings. The van der Waals surface area contributed by atoms with Gasteiger partial charge in [-0.25, -0.2) is 13.1 Å². The number of nitrogens with one attached hydrogen (secondary N) is 1. The van der Waals surface area contributed by atoms with Gasteiger partial charge >= 0.3 is 0 Å². The molecule has 1 amide bonds. The van der Waals surface area contributed by atoms with Gasteiger partial charge in [0.15, 0.2) is 9.84 Å². The Balaban J connectivity index is 1.57. The summed E-state index contributed by atoms with van der Waals surface area (Å²) in [5.41, 5.74) is 4.34. The Morgan fingerprint density at radius 2 is 1.87 bits per heavy atom. The molecule has 0 saturated heterocycles. The second-order valence-electron chi connectivity index (χ2n) is 9.34. The van der Waals surface area contributed by atoms with Crippen LogP contribution in [0.2, 0.25) is 0 Å². The van der Waals surface area contributed by atoms with Crippen LogP contribution in [-0.2, 0) is 26.1 Å². The van der Waals surface area contributed by atoms with Crippen molar-refractivity contribution in [2.75, 3.05) is 5.32 Å². The summed E-state index contributed by atoms with van der Waals surface area (Å²) in [5, 5.41) is 7.68. The highest BCUT2D eigenvalue weighted by Crippen LogP contribution is 2.36. The number of hydrogen-bond donors (Lipinski definition) is 1. The quantitative estimate of drug-likeness (QED) is 0.692. The molecule has 0 unspecified atom stereocenters. The second kappa shape index (κ2) is 8.77. The van der Waals surface area contributed by atoms with E-state index in [0.29, 0.717) is 17.1 Å². The third kappa shape index (κ3) is 4.71. The number of fused-ring (bicyclic) bond motifs is 1. The lowest BCUT2D eigenvalue weighted by Gasteiger charge is -2.28. The zero-order chi connectivity index (χ0) is 22.2. The molecule has 1 N–H and O–H groups in total. The van der Waals surface area contributed by atoms with Crippen molar-refractivity contribution < 1.29 is 13.2 Å². The van der Waals surface area contributed by atoms with E-state index in [2.05, 4.69) is 17.3 Å². The van der Waals surface area contributed by atoms with Crippen LogP contribution in [0.25, 0.3) is 5.69 Å². The fourth-order valence-corrected chi connectivity index (χ4v) is 6.33. The summed E-state index contributed by atoms with van der Waals surface area (Å²) < 4.78 is 26.1. The zero-order valence-electron chi connectivity index (χ0n) is 18.8. The highest BCUT2D eigenvalue weighted by atomic mass is 32.2. The summed E-state index contributed by atoms with van der Waals surface area (Å²) in [7, 11) is -3.20. The van der Waals surface area contributed by atoms with Crippen LogP contribution < -0.4 is 5.32 Å². The van der Waals surface area contributed by atoms with Gasteiger partial charge in [0.2, 0.25) is 5.91 Å². The van der Waals surface area contributed by atoms with Crippen LogP contribution in [0.5, 0.6) is 0 Å². The molecule has 1 aromatic heterocycles. The van der Waals surface area contributed by atoms with Crippen LogP contribution in [0.3, 0.4) is 0 Å². The van der Waals surface area contributed by atoms with Crippen molar-refractivity contribution in [2.24, 2.45) is 11.8 Å². The topological polar surface area (TPSA) is 81.1 Å². The average Bonchev–Trinajstić information content (AvgIpc) is 3.21. The predicted octanol–water partition coefficient (Wildman–Crippen LogP) is 4.85. The fourth-order valence-electron chi connectivity index (χ4n) is 4.84. The maximum atomic E-state index is 13.2. The van der Waals surface area contributed by atoms with E-state index in [0.717, 1.165) is 42.9 Å².